The monoisotopic (exact) mass is 375 g/mol. The molecule has 0 aromatic heterocycles. The highest BCUT2D eigenvalue weighted by molar-refractivity contribution is 5.79. The minimum Gasteiger partial charge on any atom is -0.489 e. The Labute approximate surface area is 165 Å². The van der Waals surface area contributed by atoms with Crippen LogP contribution in [0.25, 0.3) is 0 Å². The van der Waals surface area contributed by atoms with Gasteiger partial charge in [0.05, 0.1) is 6.54 Å². The lowest BCUT2D eigenvalue weighted by atomic mass is 10.1. The molecule has 2 N–H and O–H groups in total. The van der Waals surface area contributed by atoms with E-state index in [1.807, 2.05) is 25.2 Å². The smallest absolute Gasteiger partial charge is 0.191 e. The maximum absolute atomic E-state index is 6.02. The zero-order valence-electron chi connectivity index (χ0n) is 17.7. The van der Waals surface area contributed by atoms with Gasteiger partial charge < -0.3 is 25.2 Å². The summed E-state index contributed by atoms with van der Waals surface area (Å²) < 4.78 is 6.02. The van der Waals surface area contributed by atoms with Gasteiger partial charge in [-0.1, -0.05) is 25.1 Å². The standard InChI is InChI=1S/C21H37N5O/c1-17(16-26-12-10-25(5)11-13-26)14-23-21(22-4)24-15-19(3)27-20-9-7-6-8-18(20)2/h6-9,17,19H,10-16H2,1-5H3,(H2,22,23,24). The fourth-order valence-corrected chi connectivity index (χ4v) is 3.21. The van der Waals surface area contributed by atoms with Crippen molar-refractivity contribution in [2.24, 2.45) is 10.9 Å². The highest BCUT2D eigenvalue weighted by atomic mass is 16.5. The van der Waals surface area contributed by atoms with Crippen molar-refractivity contribution in [3.05, 3.63) is 29.8 Å². The maximum atomic E-state index is 6.02. The molecule has 2 rings (SSSR count). The molecule has 27 heavy (non-hydrogen) atoms. The van der Waals surface area contributed by atoms with Crippen LogP contribution in [0.4, 0.5) is 0 Å². The Hall–Kier alpha value is -1.79. The lowest BCUT2D eigenvalue weighted by Crippen LogP contribution is -2.48. The fourth-order valence-electron chi connectivity index (χ4n) is 3.21. The van der Waals surface area contributed by atoms with Gasteiger partial charge in [0.2, 0.25) is 0 Å². The molecule has 152 valence electrons. The van der Waals surface area contributed by atoms with E-state index >= 15 is 0 Å². The molecular weight excluding hydrogens is 338 g/mol. The number of benzene rings is 1. The van der Waals surface area contributed by atoms with Crippen molar-refractivity contribution in [1.29, 1.82) is 0 Å². The van der Waals surface area contributed by atoms with Gasteiger partial charge in [-0.25, -0.2) is 0 Å². The first-order chi connectivity index (χ1) is 13.0. The predicted octanol–water partition coefficient (Wildman–Crippen LogP) is 1.81. The molecule has 6 nitrogen and oxygen atoms in total. The normalized spacial score (nSPS) is 18.8. The minimum absolute atomic E-state index is 0.0624. The van der Waals surface area contributed by atoms with Gasteiger partial charge in [-0.15, -0.1) is 0 Å². The number of likely N-dealkylation sites (N-methyl/N-ethyl adjacent to an activating group) is 1. The van der Waals surface area contributed by atoms with Gasteiger partial charge in [0, 0.05) is 46.3 Å². The Morgan fingerprint density at radius 1 is 1.11 bits per heavy atom. The van der Waals surface area contributed by atoms with Crippen LogP contribution in [0.3, 0.4) is 0 Å². The molecule has 0 spiro atoms. The molecule has 6 heteroatoms. The van der Waals surface area contributed by atoms with Crippen LogP contribution in [0.5, 0.6) is 5.75 Å². The van der Waals surface area contributed by atoms with E-state index in [-0.39, 0.29) is 6.10 Å². The van der Waals surface area contributed by atoms with E-state index < -0.39 is 0 Å². The van der Waals surface area contributed by atoms with E-state index in [0.29, 0.717) is 12.5 Å². The molecule has 1 aromatic rings. The Bertz CT molecular complexity index is 584. The Kier molecular flexibility index (Phi) is 8.88. The summed E-state index contributed by atoms with van der Waals surface area (Å²) in [6, 6.07) is 8.11. The number of nitrogens with zero attached hydrogens (tertiary/aromatic N) is 3. The molecule has 0 saturated carbocycles. The van der Waals surface area contributed by atoms with Crippen molar-refractivity contribution in [3.8, 4) is 5.75 Å². The molecule has 0 bridgehead atoms. The van der Waals surface area contributed by atoms with Crippen LogP contribution in [0.1, 0.15) is 19.4 Å². The maximum Gasteiger partial charge on any atom is 0.191 e. The molecule has 0 aliphatic carbocycles. The SMILES string of the molecule is CN=C(NCC(C)CN1CCN(C)CC1)NCC(C)Oc1ccccc1C. The van der Waals surface area contributed by atoms with Gasteiger partial charge in [0.15, 0.2) is 5.96 Å². The molecule has 0 amide bonds. The average molecular weight is 376 g/mol. The number of rotatable bonds is 8. The van der Waals surface area contributed by atoms with Crippen molar-refractivity contribution >= 4 is 5.96 Å². The number of nitrogens with one attached hydrogen (secondary N) is 2. The molecule has 1 aliphatic heterocycles. The fraction of sp³-hybridized carbons (Fsp3) is 0.667. The van der Waals surface area contributed by atoms with Crippen molar-refractivity contribution in [1.82, 2.24) is 20.4 Å². The Morgan fingerprint density at radius 2 is 1.78 bits per heavy atom. The quantitative estimate of drug-likeness (QED) is 0.536. The van der Waals surface area contributed by atoms with Gasteiger partial charge in [0.25, 0.3) is 0 Å². The van der Waals surface area contributed by atoms with Crippen molar-refractivity contribution in [2.45, 2.75) is 26.9 Å². The van der Waals surface area contributed by atoms with Gasteiger partial charge in [-0.3, -0.25) is 4.99 Å². The number of hydrogen-bond donors (Lipinski definition) is 2. The van der Waals surface area contributed by atoms with E-state index in [2.05, 4.69) is 59.3 Å². The Balaban J connectivity index is 1.67. The number of ether oxygens (including phenoxy) is 1. The van der Waals surface area contributed by atoms with E-state index in [4.69, 9.17) is 4.74 Å². The first kappa shape index (κ1) is 21.5. The number of aliphatic imine (C=N–C) groups is 1. The number of aryl methyl sites for hydroxylation is 1. The summed E-state index contributed by atoms with van der Waals surface area (Å²) in [6.45, 7) is 13.9. The topological polar surface area (TPSA) is 52.1 Å². The lowest BCUT2D eigenvalue weighted by Gasteiger charge is -2.34. The zero-order chi connectivity index (χ0) is 19.6. The summed E-state index contributed by atoms with van der Waals surface area (Å²) in [6.07, 6.45) is 0.0624. The first-order valence-corrected chi connectivity index (χ1v) is 10.1. The third-order valence-electron chi connectivity index (χ3n) is 4.99. The minimum atomic E-state index is 0.0624. The van der Waals surface area contributed by atoms with Crippen LogP contribution >= 0.6 is 0 Å². The zero-order valence-corrected chi connectivity index (χ0v) is 17.7. The molecular formula is C21H37N5O. The molecule has 2 unspecified atom stereocenters. The molecule has 1 aliphatic rings. The summed E-state index contributed by atoms with van der Waals surface area (Å²) in [5.41, 5.74) is 1.16. The van der Waals surface area contributed by atoms with Crippen LogP contribution in [0, 0.1) is 12.8 Å². The second kappa shape index (κ2) is 11.1. The number of para-hydroxylation sites is 1. The van der Waals surface area contributed by atoms with Crippen molar-refractivity contribution < 1.29 is 4.74 Å². The third kappa shape index (κ3) is 7.77. The summed E-state index contributed by atoms with van der Waals surface area (Å²) in [7, 11) is 4.01. The van der Waals surface area contributed by atoms with Crippen LogP contribution in [0.2, 0.25) is 0 Å². The molecule has 1 saturated heterocycles. The lowest BCUT2D eigenvalue weighted by molar-refractivity contribution is 0.139. The van der Waals surface area contributed by atoms with E-state index in [0.717, 1.165) is 30.4 Å². The summed E-state index contributed by atoms with van der Waals surface area (Å²) >= 11 is 0. The predicted molar refractivity (Wildman–Crippen MR) is 114 cm³/mol. The van der Waals surface area contributed by atoms with Crippen molar-refractivity contribution in [3.63, 3.8) is 0 Å². The largest absolute Gasteiger partial charge is 0.489 e. The second-order valence-corrected chi connectivity index (χ2v) is 7.74. The van der Waals surface area contributed by atoms with Crippen LogP contribution in [-0.2, 0) is 0 Å². The van der Waals surface area contributed by atoms with Gasteiger partial charge in [0.1, 0.15) is 11.9 Å². The number of hydrogen-bond acceptors (Lipinski definition) is 4. The van der Waals surface area contributed by atoms with E-state index in [1.165, 1.54) is 26.2 Å². The second-order valence-electron chi connectivity index (χ2n) is 7.74. The van der Waals surface area contributed by atoms with Gasteiger partial charge in [-0.05, 0) is 38.4 Å². The summed E-state index contributed by atoms with van der Waals surface area (Å²) in [4.78, 5) is 9.28. The van der Waals surface area contributed by atoms with Crippen LogP contribution in [0.15, 0.2) is 29.3 Å². The third-order valence-corrected chi connectivity index (χ3v) is 4.99. The number of piperazine rings is 1. The van der Waals surface area contributed by atoms with E-state index in [9.17, 15) is 0 Å². The average Bonchev–Trinajstić information content (AvgIpc) is 2.65. The van der Waals surface area contributed by atoms with Gasteiger partial charge in [-0.2, -0.15) is 0 Å². The van der Waals surface area contributed by atoms with Crippen LogP contribution < -0.4 is 15.4 Å². The highest BCUT2D eigenvalue weighted by Crippen LogP contribution is 2.17. The number of guanidine groups is 1. The molecule has 2 atom stereocenters. The Morgan fingerprint density at radius 3 is 2.44 bits per heavy atom. The molecule has 1 fully saturated rings. The van der Waals surface area contributed by atoms with Crippen molar-refractivity contribution in [2.75, 3.05) is 59.9 Å². The van der Waals surface area contributed by atoms with Crippen LogP contribution in [-0.4, -0.2) is 81.8 Å². The summed E-state index contributed by atoms with van der Waals surface area (Å²) in [5, 5.41) is 6.81. The molecule has 0 radical (unpaired) electrons. The molecule has 1 heterocycles. The highest BCUT2D eigenvalue weighted by Gasteiger charge is 2.16. The van der Waals surface area contributed by atoms with E-state index in [1.54, 1.807) is 0 Å². The first-order valence-electron chi connectivity index (χ1n) is 10.1. The summed E-state index contributed by atoms with van der Waals surface area (Å²) in [5.74, 6) is 2.35. The molecule has 1 aromatic carbocycles. The van der Waals surface area contributed by atoms with Gasteiger partial charge >= 0.3 is 0 Å².